The van der Waals surface area contributed by atoms with Gasteiger partial charge >= 0.3 is 0 Å². The molecule has 0 bridgehead atoms. The van der Waals surface area contributed by atoms with E-state index >= 15 is 0 Å². The topological polar surface area (TPSA) is 197 Å². The number of phenolic OH excluding ortho intramolecular Hbond substituents is 1. The Morgan fingerprint density at radius 2 is 1.66 bits per heavy atom. The summed E-state index contributed by atoms with van der Waals surface area (Å²) < 4.78 is 0. The maximum atomic E-state index is 14.1. The molecule has 0 spiro atoms. The summed E-state index contributed by atoms with van der Waals surface area (Å²) in [5.41, 5.74) is 2.39. The molecule has 15 heteroatoms. The molecule has 1 aromatic carbocycles. The van der Waals surface area contributed by atoms with Crippen LogP contribution < -0.4 is 16.0 Å². The van der Waals surface area contributed by atoms with Crippen LogP contribution in [-0.2, 0) is 20.8 Å². The number of benzene rings is 1. The number of halogens is 2. The minimum Gasteiger partial charge on any atom is -0.510 e. The summed E-state index contributed by atoms with van der Waals surface area (Å²) in [6.45, 7) is 5.16. The van der Waals surface area contributed by atoms with Crippen LogP contribution in [0.4, 0.5) is 11.4 Å². The lowest BCUT2D eigenvalue weighted by atomic mass is 9.58. The molecular formula is C29H41Cl2N5O8. The molecule has 0 saturated carbocycles. The molecule has 44 heavy (non-hydrogen) atoms. The van der Waals surface area contributed by atoms with Gasteiger partial charge in [-0.15, -0.1) is 24.8 Å². The number of fused-ring (bicyclic) bond motifs is 3. The van der Waals surface area contributed by atoms with Gasteiger partial charge in [-0.1, -0.05) is 13.8 Å². The number of allylic oxidation sites excluding steroid dienone is 1. The van der Waals surface area contributed by atoms with Crippen molar-refractivity contribution in [1.29, 1.82) is 0 Å². The molecule has 1 aromatic rings. The number of phenols is 1. The van der Waals surface area contributed by atoms with E-state index in [1.807, 2.05) is 18.7 Å². The molecule has 0 saturated heterocycles. The van der Waals surface area contributed by atoms with Gasteiger partial charge in [0.1, 0.15) is 17.1 Å². The second kappa shape index (κ2) is 13.3. The van der Waals surface area contributed by atoms with Crippen LogP contribution in [0, 0.1) is 11.8 Å². The van der Waals surface area contributed by atoms with Crippen LogP contribution >= 0.6 is 24.8 Å². The summed E-state index contributed by atoms with van der Waals surface area (Å²) in [5.74, 6) is -7.67. The highest BCUT2D eigenvalue weighted by Crippen LogP contribution is 2.53. The molecule has 0 aliphatic heterocycles. The Hall–Kier alpha value is -3.36. The monoisotopic (exact) mass is 657 g/mol. The van der Waals surface area contributed by atoms with Gasteiger partial charge in [-0.3, -0.25) is 29.0 Å². The van der Waals surface area contributed by atoms with Crippen molar-refractivity contribution in [3.63, 3.8) is 0 Å². The number of anilines is 2. The van der Waals surface area contributed by atoms with E-state index in [4.69, 9.17) is 5.73 Å². The molecule has 0 fully saturated rings. The zero-order chi connectivity index (χ0) is 31.4. The summed E-state index contributed by atoms with van der Waals surface area (Å²) in [6, 6.07) is 0.510. The minimum absolute atomic E-state index is 0. The molecule has 13 nitrogen and oxygen atoms in total. The molecule has 4 rings (SSSR count). The maximum Gasteiger partial charge on any atom is 0.255 e. The number of aliphatic hydroxyl groups is 3. The van der Waals surface area contributed by atoms with Gasteiger partial charge in [0.2, 0.25) is 11.7 Å². The number of nitrogens with one attached hydrogen (secondary N) is 1. The molecule has 3 aliphatic carbocycles. The average Bonchev–Trinajstić information content (AvgIpc) is 2.90. The summed E-state index contributed by atoms with van der Waals surface area (Å²) in [6.07, 6.45) is 0.130. The molecule has 7 N–H and O–H groups in total. The molecule has 2 amide bonds. The number of Topliss-reactive ketones (excluding diaryl/α,β-unsaturated/α-hetero) is 2. The molecule has 0 heterocycles. The van der Waals surface area contributed by atoms with Gasteiger partial charge in [0, 0.05) is 31.3 Å². The van der Waals surface area contributed by atoms with E-state index in [1.54, 1.807) is 39.2 Å². The summed E-state index contributed by atoms with van der Waals surface area (Å²) in [5, 5.41) is 48.1. The number of likely N-dealkylation sites (N-methyl/N-ethyl adjacent to an activating group) is 2. The normalized spacial score (nSPS) is 24.2. The first-order valence-corrected chi connectivity index (χ1v) is 13.8. The zero-order valence-corrected chi connectivity index (χ0v) is 27.1. The van der Waals surface area contributed by atoms with E-state index in [0.717, 1.165) is 0 Å². The first-order valence-electron chi connectivity index (χ1n) is 13.8. The van der Waals surface area contributed by atoms with Crippen LogP contribution in [0.2, 0.25) is 0 Å². The lowest BCUT2D eigenvalue weighted by Crippen LogP contribution is -2.63. The van der Waals surface area contributed by atoms with Crippen molar-refractivity contribution in [2.75, 3.05) is 58.0 Å². The Kier molecular flexibility index (Phi) is 11.2. The molecule has 3 unspecified atom stereocenters. The van der Waals surface area contributed by atoms with E-state index in [1.165, 1.54) is 4.90 Å². The fraction of sp³-hybridized carbons (Fsp3) is 0.517. The average molecular weight is 659 g/mol. The first kappa shape index (κ1) is 36.8. The van der Waals surface area contributed by atoms with Gasteiger partial charge in [-0.2, -0.15) is 0 Å². The predicted octanol–water partition coefficient (Wildman–Crippen LogP) is 1.31. The van der Waals surface area contributed by atoms with E-state index in [0.29, 0.717) is 24.3 Å². The number of aliphatic hydroxyl groups excluding tert-OH is 2. The highest BCUT2D eigenvalue weighted by atomic mass is 35.5. The van der Waals surface area contributed by atoms with Crippen LogP contribution in [0.1, 0.15) is 36.2 Å². The van der Waals surface area contributed by atoms with E-state index in [-0.39, 0.29) is 61.0 Å². The molecule has 244 valence electrons. The van der Waals surface area contributed by atoms with Crippen molar-refractivity contribution in [3.05, 3.63) is 39.9 Å². The molecule has 0 radical (unpaired) electrons. The van der Waals surface area contributed by atoms with Gasteiger partial charge < -0.3 is 36.4 Å². The summed E-state index contributed by atoms with van der Waals surface area (Å²) in [7, 11) is 6.64. The van der Waals surface area contributed by atoms with Crippen LogP contribution in [-0.4, -0.2) is 113 Å². The van der Waals surface area contributed by atoms with Crippen LogP contribution in [0.15, 0.2) is 28.7 Å². The highest BCUT2D eigenvalue weighted by molar-refractivity contribution is 6.25. The smallest absolute Gasteiger partial charge is 0.255 e. The number of hydrogen-bond donors (Lipinski definition) is 6. The number of hydrogen-bond acceptors (Lipinski definition) is 11. The van der Waals surface area contributed by atoms with Crippen molar-refractivity contribution < 1.29 is 39.6 Å². The number of ketones is 2. The molecular weight excluding hydrogens is 617 g/mol. The lowest BCUT2D eigenvalue weighted by molar-refractivity contribution is -0.148. The summed E-state index contributed by atoms with van der Waals surface area (Å²) in [4.78, 5) is 57.6. The highest BCUT2D eigenvalue weighted by Gasteiger charge is 2.63. The van der Waals surface area contributed by atoms with E-state index in [2.05, 4.69) is 5.32 Å². The Bertz CT molecular complexity index is 1440. The number of nitrogens with two attached hydrogens (primary N) is 1. The molecule has 3 aliphatic rings. The largest absolute Gasteiger partial charge is 0.510 e. The van der Waals surface area contributed by atoms with Gasteiger partial charge in [0.15, 0.2) is 17.1 Å². The van der Waals surface area contributed by atoms with Gasteiger partial charge in [-0.05, 0) is 57.6 Å². The predicted molar refractivity (Wildman–Crippen MR) is 169 cm³/mol. The Balaban J connectivity index is 0.00000337. The van der Waals surface area contributed by atoms with Crippen molar-refractivity contribution in [3.8, 4) is 5.75 Å². The fourth-order valence-corrected chi connectivity index (χ4v) is 6.63. The second-order valence-corrected chi connectivity index (χ2v) is 11.5. The number of rotatable bonds is 8. The van der Waals surface area contributed by atoms with Crippen molar-refractivity contribution in [2.24, 2.45) is 17.6 Å². The molecule has 4 atom stereocenters. The lowest BCUT2D eigenvalue weighted by Gasteiger charge is -2.50. The van der Waals surface area contributed by atoms with E-state index in [9.17, 15) is 39.6 Å². The van der Waals surface area contributed by atoms with Gasteiger partial charge in [0.25, 0.3) is 5.91 Å². The number of primary amides is 1. The Morgan fingerprint density at radius 1 is 1.07 bits per heavy atom. The van der Waals surface area contributed by atoms with Crippen molar-refractivity contribution in [1.82, 2.24) is 9.80 Å². The van der Waals surface area contributed by atoms with Crippen molar-refractivity contribution >= 4 is 59.6 Å². The third-order valence-corrected chi connectivity index (χ3v) is 8.72. The fourth-order valence-electron chi connectivity index (χ4n) is 6.63. The maximum absolute atomic E-state index is 14.1. The van der Waals surface area contributed by atoms with Gasteiger partial charge in [-0.25, -0.2) is 0 Å². The van der Waals surface area contributed by atoms with E-state index < -0.39 is 69.7 Å². The summed E-state index contributed by atoms with van der Waals surface area (Å²) >= 11 is 0. The zero-order valence-electron chi connectivity index (χ0n) is 25.5. The first-order chi connectivity index (χ1) is 19.6. The number of carbonyl (C=O) groups is 4. The Labute approximate surface area is 268 Å². The Morgan fingerprint density at radius 3 is 2.16 bits per heavy atom. The third kappa shape index (κ3) is 5.63. The van der Waals surface area contributed by atoms with Crippen LogP contribution in [0.25, 0.3) is 0 Å². The van der Waals surface area contributed by atoms with Crippen LogP contribution in [0.5, 0.6) is 5.75 Å². The number of carbonyl (C=O) groups excluding carboxylic acids is 4. The van der Waals surface area contributed by atoms with Gasteiger partial charge in [0.05, 0.1) is 23.8 Å². The van der Waals surface area contributed by atoms with Crippen molar-refractivity contribution in [2.45, 2.75) is 38.3 Å². The number of nitrogens with zero attached hydrogens (tertiary/aromatic N) is 3. The van der Waals surface area contributed by atoms with Crippen LogP contribution in [0.3, 0.4) is 0 Å². The SMILES string of the molecule is CCN(CC)CC(=O)Nc1cc(N(C)C)c2c(c1O)C(=O)C1=C(O)C3(O)C(=O)C(C(N)=O)=C(O)[C@@H](N(C)C)C3CC1C2.Cl.Cl. The third-order valence-electron chi connectivity index (χ3n) is 8.72. The second-order valence-electron chi connectivity index (χ2n) is 11.5. The minimum atomic E-state index is -2.72. The standard InChI is InChI=1S/C29H39N5O8.2ClH/c1-7-34(8-2)12-18(35)31-16-11-17(32(3)4)14-9-13-10-15-22(33(5)6)25(38)21(28(30)41)27(40)29(15,42)26(39)19(13)24(37)20(14)23(16)36;;/h11,13,15,22,36,38-39,42H,7-10,12H2,1-6H3,(H2,30,41)(H,31,35);2*1H/t13?,15?,22-,29?;;/m0../s1. The number of aromatic hydroxyl groups is 1. The quantitative estimate of drug-likeness (QED) is 0.174. The number of amides is 2. The molecule has 0 aromatic heterocycles.